The quantitative estimate of drug-likeness (QED) is 0.759. The Labute approximate surface area is 75.6 Å². The Morgan fingerprint density at radius 2 is 2.15 bits per heavy atom. The number of para-hydroxylation sites is 1. The number of rotatable bonds is 2. The molecule has 1 N–H and O–H groups in total. The van der Waals surface area contributed by atoms with Crippen LogP contribution in [0.5, 0.6) is 0 Å². The summed E-state index contributed by atoms with van der Waals surface area (Å²) in [4.78, 5) is 3.86. The van der Waals surface area contributed by atoms with Crippen LogP contribution < -0.4 is 5.32 Å². The summed E-state index contributed by atoms with van der Waals surface area (Å²) in [5.74, 6) is 0.481. The van der Waals surface area contributed by atoms with E-state index in [0.29, 0.717) is 5.95 Å². The second-order valence-corrected chi connectivity index (χ2v) is 2.69. The highest BCUT2D eigenvalue weighted by atomic mass is 16.5. The molecule has 0 aliphatic heterocycles. The molecule has 1 aromatic heterocycles. The molecule has 4 nitrogen and oxygen atoms in total. The molecule has 0 aliphatic rings. The molecule has 0 fully saturated rings. The maximum Gasteiger partial charge on any atom is 0.267 e. The van der Waals surface area contributed by atoms with Gasteiger partial charge in [-0.15, -0.1) is 0 Å². The molecule has 0 amide bonds. The standard InChI is InChI=1S/C9H9N3O/c1-7-4-2-3-5-8(7)11-9-10-6-13-12-9/h2-6H,1H3,(H,11,12). The monoisotopic (exact) mass is 175 g/mol. The average Bonchev–Trinajstić information content (AvgIpc) is 2.61. The fourth-order valence-corrected chi connectivity index (χ4v) is 1.06. The molecule has 0 unspecified atom stereocenters. The lowest BCUT2D eigenvalue weighted by atomic mass is 10.2. The van der Waals surface area contributed by atoms with Crippen molar-refractivity contribution in [3.63, 3.8) is 0 Å². The van der Waals surface area contributed by atoms with Gasteiger partial charge in [0.25, 0.3) is 5.95 Å². The molecule has 0 radical (unpaired) electrons. The number of nitrogens with zero attached hydrogens (tertiary/aromatic N) is 2. The van der Waals surface area contributed by atoms with E-state index in [9.17, 15) is 0 Å². The summed E-state index contributed by atoms with van der Waals surface area (Å²) in [6, 6.07) is 7.92. The summed E-state index contributed by atoms with van der Waals surface area (Å²) < 4.78 is 4.60. The summed E-state index contributed by atoms with van der Waals surface area (Å²) in [6.45, 7) is 2.02. The molecular formula is C9H9N3O. The van der Waals surface area contributed by atoms with E-state index in [-0.39, 0.29) is 0 Å². The first-order valence-electron chi connectivity index (χ1n) is 3.95. The van der Waals surface area contributed by atoms with Crippen LogP contribution in [-0.4, -0.2) is 10.1 Å². The SMILES string of the molecule is Cc1ccccc1Nc1ncon1. The average molecular weight is 175 g/mol. The summed E-state index contributed by atoms with van der Waals surface area (Å²) in [7, 11) is 0. The number of nitrogens with one attached hydrogen (secondary N) is 1. The van der Waals surface area contributed by atoms with Crippen LogP contribution in [0.2, 0.25) is 0 Å². The van der Waals surface area contributed by atoms with Gasteiger partial charge in [-0.25, -0.2) is 0 Å². The van der Waals surface area contributed by atoms with Crippen LogP contribution in [0.15, 0.2) is 35.2 Å². The van der Waals surface area contributed by atoms with E-state index < -0.39 is 0 Å². The van der Waals surface area contributed by atoms with Gasteiger partial charge in [0.15, 0.2) is 0 Å². The summed E-state index contributed by atoms with van der Waals surface area (Å²) >= 11 is 0. The van der Waals surface area contributed by atoms with Crippen LogP contribution in [-0.2, 0) is 0 Å². The van der Waals surface area contributed by atoms with Crippen molar-refractivity contribution in [3.8, 4) is 0 Å². The molecule has 2 aromatic rings. The molecule has 0 aliphatic carbocycles. The van der Waals surface area contributed by atoms with Crippen molar-refractivity contribution >= 4 is 11.6 Å². The number of hydrogen-bond acceptors (Lipinski definition) is 4. The van der Waals surface area contributed by atoms with Gasteiger partial charge in [-0.1, -0.05) is 18.2 Å². The minimum atomic E-state index is 0.481. The minimum absolute atomic E-state index is 0.481. The highest BCUT2D eigenvalue weighted by Crippen LogP contribution is 2.16. The second-order valence-electron chi connectivity index (χ2n) is 2.69. The van der Waals surface area contributed by atoms with Crippen molar-refractivity contribution in [1.29, 1.82) is 0 Å². The molecule has 2 rings (SSSR count). The van der Waals surface area contributed by atoms with Gasteiger partial charge in [0.05, 0.1) is 0 Å². The van der Waals surface area contributed by atoms with E-state index >= 15 is 0 Å². The molecule has 0 saturated heterocycles. The first-order chi connectivity index (χ1) is 6.36. The maximum atomic E-state index is 4.60. The van der Waals surface area contributed by atoms with E-state index in [0.717, 1.165) is 11.3 Å². The van der Waals surface area contributed by atoms with Crippen molar-refractivity contribution in [2.75, 3.05) is 5.32 Å². The van der Waals surface area contributed by atoms with Gasteiger partial charge in [0, 0.05) is 5.69 Å². The van der Waals surface area contributed by atoms with Crippen molar-refractivity contribution in [3.05, 3.63) is 36.2 Å². The molecule has 13 heavy (non-hydrogen) atoms. The highest BCUT2D eigenvalue weighted by molar-refractivity contribution is 5.57. The van der Waals surface area contributed by atoms with Gasteiger partial charge < -0.3 is 9.84 Å². The molecule has 0 spiro atoms. The van der Waals surface area contributed by atoms with Crippen molar-refractivity contribution in [2.24, 2.45) is 0 Å². The van der Waals surface area contributed by atoms with Gasteiger partial charge >= 0.3 is 0 Å². The van der Waals surface area contributed by atoms with Crippen LogP contribution in [0.1, 0.15) is 5.56 Å². The number of anilines is 2. The number of benzene rings is 1. The van der Waals surface area contributed by atoms with Crippen molar-refractivity contribution in [2.45, 2.75) is 6.92 Å². The van der Waals surface area contributed by atoms with E-state index in [4.69, 9.17) is 0 Å². The Morgan fingerprint density at radius 1 is 1.31 bits per heavy atom. The molecule has 1 heterocycles. The lowest BCUT2D eigenvalue weighted by molar-refractivity contribution is 0.419. The molecule has 4 heteroatoms. The van der Waals surface area contributed by atoms with Crippen LogP contribution >= 0.6 is 0 Å². The van der Waals surface area contributed by atoms with E-state index in [1.165, 1.54) is 6.39 Å². The largest absolute Gasteiger partial charge is 0.341 e. The van der Waals surface area contributed by atoms with Crippen molar-refractivity contribution < 1.29 is 4.52 Å². The predicted octanol–water partition coefficient (Wildman–Crippen LogP) is 2.12. The number of aromatic nitrogens is 2. The topological polar surface area (TPSA) is 51.0 Å². The van der Waals surface area contributed by atoms with Gasteiger partial charge in [0.2, 0.25) is 6.39 Å². The molecule has 1 aromatic carbocycles. The number of hydrogen-bond donors (Lipinski definition) is 1. The molecular weight excluding hydrogens is 166 g/mol. The third-order valence-corrected chi connectivity index (χ3v) is 1.75. The fraction of sp³-hybridized carbons (Fsp3) is 0.111. The summed E-state index contributed by atoms with van der Waals surface area (Å²) in [6.07, 6.45) is 1.29. The molecule has 66 valence electrons. The predicted molar refractivity (Wildman–Crippen MR) is 48.8 cm³/mol. The maximum absolute atomic E-state index is 4.60. The number of aryl methyl sites for hydroxylation is 1. The third-order valence-electron chi connectivity index (χ3n) is 1.75. The Morgan fingerprint density at radius 3 is 2.85 bits per heavy atom. The molecule has 0 atom stereocenters. The smallest absolute Gasteiger partial charge is 0.267 e. The summed E-state index contributed by atoms with van der Waals surface area (Å²) in [5, 5.41) is 6.69. The zero-order valence-electron chi connectivity index (χ0n) is 7.19. The van der Waals surface area contributed by atoms with E-state index in [1.54, 1.807) is 0 Å². The van der Waals surface area contributed by atoms with Crippen LogP contribution in [0.4, 0.5) is 11.6 Å². The van der Waals surface area contributed by atoms with Crippen molar-refractivity contribution in [1.82, 2.24) is 10.1 Å². The van der Waals surface area contributed by atoms with Gasteiger partial charge in [0.1, 0.15) is 0 Å². The Kier molecular flexibility index (Phi) is 1.96. The third kappa shape index (κ3) is 1.66. The normalized spacial score (nSPS) is 9.92. The van der Waals surface area contributed by atoms with Gasteiger partial charge in [-0.3, -0.25) is 0 Å². The lowest BCUT2D eigenvalue weighted by Gasteiger charge is -2.03. The first-order valence-corrected chi connectivity index (χ1v) is 3.95. The van der Waals surface area contributed by atoms with Crippen LogP contribution in [0.3, 0.4) is 0 Å². The molecule has 0 bridgehead atoms. The van der Waals surface area contributed by atoms with Crippen LogP contribution in [0, 0.1) is 6.92 Å². The fourth-order valence-electron chi connectivity index (χ4n) is 1.06. The first kappa shape index (κ1) is 7.79. The van der Waals surface area contributed by atoms with Gasteiger partial charge in [-0.2, -0.15) is 4.98 Å². The van der Waals surface area contributed by atoms with E-state index in [1.807, 2.05) is 31.2 Å². The summed E-state index contributed by atoms with van der Waals surface area (Å²) in [5.41, 5.74) is 2.14. The van der Waals surface area contributed by atoms with Crippen LogP contribution in [0.25, 0.3) is 0 Å². The minimum Gasteiger partial charge on any atom is -0.341 e. The zero-order valence-corrected chi connectivity index (χ0v) is 7.19. The Balaban J connectivity index is 2.24. The van der Waals surface area contributed by atoms with Gasteiger partial charge in [-0.05, 0) is 23.7 Å². The second kappa shape index (κ2) is 3.26. The Bertz CT molecular complexity index is 384. The lowest BCUT2D eigenvalue weighted by Crippen LogP contribution is -1.93. The van der Waals surface area contributed by atoms with E-state index in [2.05, 4.69) is 20.0 Å². The highest BCUT2D eigenvalue weighted by Gasteiger charge is 1.99. The molecule has 0 saturated carbocycles. The zero-order chi connectivity index (χ0) is 9.10. The Hall–Kier alpha value is -1.84.